The molecule has 0 bridgehead atoms. The second-order valence-corrected chi connectivity index (χ2v) is 5.41. The van der Waals surface area contributed by atoms with Crippen molar-refractivity contribution in [1.29, 1.82) is 0 Å². The lowest BCUT2D eigenvalue weighted by molar-refractivity contribution is -0.182. The molecule has 116 valence electrons. The van der Waals surface area contributed by atoms with E-state index >= 15 is 0 Å². The summed E-state index contributed by atoms with van der Waals surface area (Å²) < 4.78 is 38.4. The Balaban J connectivity index is 2.03. The third-order valence-corrected chi connectivity index (χ3v) is 3.86. The van der Waals surface area contributed by atoms with E-state index in [-0.39, 0.29) is 24.8 Å². The van der Waals surface area contributed by atoms with Crippen LogP contribution in [0.1, 0.15) is 36.0 Å². The highest BCUT2D eigenvalue weighted by atomic mass is 19.4. The van der Waals surface area contributed by atoms with Crippen molar-refractivity contribution in [3.63, 3.8) is 0 Å². The van der Waals surface area contributed by atoms with E-state index in [1.54, 1.807) is 24.3 Å². The summed E-state index contributed by atoms with van der Waals surface area (Å²) in [7, 11) is 1.54. The van der Waals surface area contributed by atoms with Crippen LogP contribution in [0.2, 0.25) is 0 Å². The second-order valence-electron chi connectivity index (χ2n) is 5.41. The molecule has 0 saturated heterocycles. The Labute approximate surface area is 121 Å². The molecule has 2 atom stereocenters. The standard InChI is InChI=1S/C15H19F3N2O/c1-19-14(21)10-4-2-6-12(8-10)20-13-7-3-5-11(9-13)15(16,17)18/h2,4,6,8,11,13,20H,3,5,7,9H2,1H3,(H,19,21). The van der Waals surface area contributed by atoms with Crippen LogP contribution < -0.4 is 10.6 Å². The van der Waals surface area contributed by atoms with Gasteiger partial charge in [-0.15, -0.1) is 0 Å². The number of carbonyl (C=O) groups is 1. The molecule has 1 aromatic carbocycles. The average Bonchev–Trinajstić information content (AvgIpc) is 2.46. The maximum absolute atomic E-state index is 12.8. The number of halogens is 3. The van der Waals surface area contributed by atoms with Crippen LogP contribution in [0, 0.1) is 5.92 Å². The summed E-state index contributed by atoms with van der Waals surface area (Å²) in [5, 5.41) is 5.65. The van der Waals surface area contributed by atoms with Crippen molar-refractivity contribution in [2.75, 3.05) is 12.4 Å². The molecule has 1 amide bonds. The molecule has 2 rings (SSSR count). The molecule has 6 heteroatoms. The molecule has 2 N–H and O–H groups in total. The minimum Gasteiger partial charge on any atom is -0.382 e. The first-order valence-electron chi connectivity index (χ1n) is 7.05. The fourth-order valence-corrected chi connectivity index (χ4v) is 2.75. The first kappa shape index (κ1) is 15.7. The Hall–Kier alpha value is -1.72. The van der Waals surface area contributed by atoms with E-state index in [1.807, 2.05) is 0 Å². The van der Waals surface area contributed by atoms with Gasteiger partial charge in [0.1, 0.15) is 0 Å². The lowest BCUT2D eigenvalue weighted by Crippen LogP contribution is -2.34. The van der Waals surface area contributed by atoms with Gasteiger partial charge in [0, 0.05) is 24.3 Å². The third-order valence-electron chi connectivity index (χ3n) is 3.86. The van der Waals surface area contributed by atoms with Crippen LogP contribution in [0.5, 0.6) is 0 Å². The molecule has 0 radical (unpaired) electrons. The van der Waals surface area contributed by atoms with Gasteiger partial charge in [-0.05, 0) is 37.5 Å². The van der Waals surface area contributed by atoms with Gasteiger partial charge < -0.3 is 10.6 Å². The van der Waals surface area contributed by atoms with Crippen LogP contribution in [-0.2, 0) is 0 Å². The summed E-state index contributed by atoms with van der Waals surface area (Å²) in [6.45, 7) is 0. The molecule has 0 spiro atoms. The second kappa shape index (κ2) is 6.37. The molecule has 0 heterocycles. The Morgan fingerprint density at radius 1 is 1.29 bits per heavy atom. The summed E-state index contributed by atoms with van der Waals surface area (Å²) in [5.41, 5.74) is 1.18. The van der Waals surface area contributed by atoms with Gasteiger partial charge in [0.05, 0.1) is 5.92 Å². The average molecular weight is 300 g/mol. The van der Waals surface area contributed by atoms with Crippen molar-refractivity contribution < 1.29 is 18.0 Å². The number of rotatable bonds is 3. The monoisotopic (exact) mass is 300 g/mol. The van der Waals surface area contributed by atoms with Gasteiger partial charge in [0.15, 0.2) is 0 Å². The maximum Gasteiger partial charge on any atom is 0.391 e. The molecule has 0 aromatic heterocycles. The third kappa shape index (κ3) is 4.12. The van der Waals surface area contributed by atoms with Crippen LogP contribution in [-0.4, -0.2) is 25.2 Å². The number of carbonyl (C=O) groups excluding carboxylic acids is 1. The molecule has 1 saturated carbocycles. The minimum absolute atomic E-state index is 0.0910. The van der Waals surface area contributed by atoms with Gasteiger partial charge in [-0.1, -0.05) is 12.5 Å². The maximum atomic E-state index is 12.8. The highest BCUT2D eigenvalue weighted by molar-refractivity contribution is 5.94. The molecule has 3 nitrogen and oxygen atoms in total. The molecular weight excluding hydrogens is 281 g/mol. The van der Waals surface area contributed by atoms with Gasteiger partial charge in [-0.3, -0.25) is 4.79 Å². The van der Waals surface area contributed by atoms with Crippen LogP contribution in [0.3, 0.4) is 0 Å². The highest BCUT2D eigenvalue weighted by Crippen LogP contribution is 2.38. The minimum atomic E-state index is -4.12. The van der Waals surface area contributed by atoms with Gasteiger partial charge in [-0.25, -0.2) is 0 Å². The van der Waals surface area contributed by atoms with Gasteiger partial charge in [-0.2, -0.15) is 13.2 Å². The quantitative estimate of drug-likeness (QED) is 0.896. The van der Waals surface area contributed by atoms with Crippen LogP contribution >= 0.6 is 0 Å². The largest absolute Gasteiger partial charge is 0.391 e. The predicted octanol–water partition coefficient (Wildman–Crippen LogP) is 3.58. The molecular formula is C15H19F3N2O. The molecule has 1 fully saturated rings. The highest BCUT2D eigenvalue weighted by Gasteiger charge is 2.42. The van der Waals surface area contributed by atoms with Gasteiger partial charge in [0.2, 0.25) is 0 Å². The summed E-state index contributed by atoms with van der Waals surface area (Å²) in [6, 6.07) is 6.62. The summed E-state index contributed by atoms with van der Waals surface area (Å²) in [6.07, 6.45) is -2.54. The number of alkyl halides is 3. The van der Waals surface area contributed by atoms with Crippen molar-refractivity contribution in [3.05, 3.63) is 29.8 Å². The smallest absolute Gasteiger partial charge is 0.382 e. The normalized spacial score (nSPS) is 22.7. The van der Waals surface area contributed by atoms with Crippen LogP contribution in [0.25, 0.3) is 0 Å². The van der Waals surface area contributed by atoms with E-state index in [9.17, 15) is 18.0 Å². The predicted molar refractivity (Wildman–Crippen MR) is 75.3 cm³/mol. The lowest BCUT2D eigenvalue weighted by Gasteiger charge is -2.31. The van der Waals surface area contributed by atoms with Crippen molar-refractivity contribution in [1.82, 2.24) is 5.32 Å². The Bertz CT molecular complexity index is 502. The zero-order valence-corrected chi connectivity index (χ0v) is 11.8. The van der Waals surface area contributed by atoms with Crippen molar-refractivity contribution in [3.8, 4) is 0 Å². The summed E-state index contributed by atoms with van der Waals surface area (Å²) >= 11 is 0. The lowest BCUT2D eigenvalue weighted by atomic mass is 9.85. The number of benzene rings is 1. The molecule has 0 aliphatic heterocycles. The molecule has 1 aliphatic rings. The Kier molecular flexibility index (Phi) is 4.75. The molecule has 2 unspecified atom stereocenters. The summed E-state index contributed by atoms with van der Waals surface area (Å²) in [4.78, 5) is 11.6. The number of nitrogens with one attached hydrogen (secondary N) is 2. The number of amides is 1. The number of anilines is 1. The van der Waals surface area contributed by atoms with Gasteiger partial charge in [0.25, 0.3) is 5.91 Å². The first-order valence-corrected chi connectivity index (χ1v) is 7.05. The molecule has 1 aromatic rings. The van der Waals surface area contributed by atoms with E-state index in [4.69, 9.17) is 0 Å². The van der Waals surface area contributed by atoms with E-state index in [1.165, 1.54) is 7.05 Å². The van der Waals surface area contributed by atoms with Crippen molar-refractivity contribution >= 4 is 11.6 Å². The molecule has 21 heavy (non-hydrogen) atoms. The van der Waals surface area contributed by atoms with E-state index in [0.717, 1.165) is 6.42 Å². The zero-order chi connectivity index (χ0) is 15.5. The van der Waals surface area contributed by atoms with Crippen molar-refractivity contribution in [2.24, 2.45) is 5.92 Å². The van der Waals surface area contributed by atoms with E-state index < -0.39 is 12.1 Å². The topological polar surface area (TPSA) is 41.1 Å². The SMILES string of the molecule is CNC(=O)c1cccc(NC2CCCC(C(F)(F)F)C2)c1. The van der Waals surface area contributed by atoms with Crippen molar-refractivity contribution in [2.45, 2.75) is 37.9 Å². The fourth-order valence-electron chi connectivity index (χ4n) is 2.75. The molecule has 1 aliphatic carbocycles. The number of hydrogen-bond acceptors (Lipinski definition) is 2. The summed E-state index contributed by atoms with van der Waals surface area (Å²) in [5.74, 6) is -1.44. The van der Waals surface area contributed by atoms with Gasteiger partial charge >= 0.3 is 6.18 Å². The van der Waals surface area contributed by atoms with Crippen LogP contribution in [0.15, 0.2) is 24.3 Å². The Morgan fingerprint density at radius 3 is 2.71 bits per heavy atom. The number of hydrogen-bond donors (Lipinski definition) is 2. The van der Waals surface area contributed by atoms with E-state index in [2.05, 4.69) is 10.6 Å². The Morgan fingerprint density at radius 2 is 2.05 bits per heavy atom. The van der Waals surface area contributed by atoms with Crippen LogP contribution in [0.4, 0.5) is 18.9 Å². The fraction of sp³-hybridized carbons (Fsp3) is 0.533. The van der Waals surface area contributed by atoms with E-state index in [0.29, 0.717) is 17.7 Å². The zero-order valence-electron chi connectivity index (χ0n) is 11.8. The first-order chi connectivity index (χ1) is 9.90.